The lowest BCUT2D eigenvalue weighted by atomic mass is 9.82. The van der Waals surface area contributed by atoms with Crippen LogP contribution in [0.3, 0.4) is 0 Å². The van der Waals surface area contributed by atoms with E-state index in [-0.39, 0.29) is 23.9 Å². The van der Waals surface area contributed by atoms with E-state index in [1.54, 1.807) is 12.1 Å². The van der Waals surface area contributed by atoms with Gasteiger partial charge in [0.25, 0.3) is 0 Å². The highest BCUT2D eigenvalue weighted by Crippen LogP contribution is 2.37. The van der Waals surface area contributed by atoms with Gasteiger partial charge in [-0.25, -0.2) is 4.39 Å². The van der Waals surface area contributed by atoms with Gasteiger partial charge < -0.3 is 14.2 Å². The molecule has 3 nitrogen and oxygen atoms in total. The largest absolute Gasteiger partial charge is 0.490 e. The Bertz CT molecular complexity index is 675. The molecule has 30 heavy (non-hydrogen) atoms. The van der Waals surface area contributed by atoms with Crippen molar-refractivity contribution in [2.45, 2.75) is 83.3 Å². The van der Waals surface area contributed by atoms with Gasteiger partial charge in [0.2, 0.25) is 5.82 Å². The molecule has 5 heteroatoms. The first-order valence-electron chi connectivity index (χ1n) is 11.6. The minimum absolute atomic E-state index is 0.0193. The van der Waals surface area contributed by atoms with Crippen LogP contribution in [0.5, 0.6) is 5.75 Å². The minimum Gasteiger partial charge on any atom is -0.490 e. The van der Waals surface area contributed by atoms with E-state index in [1.807, 2.05) is 13.8 Å². The quantitative estimate of drug-likeness (QED) is 0.333. The van der Waals surface area contributed by atoms with Gasteiger partial charge in [0, 0.05) is 5.92 Å². The Morgan fingerprint density at radius 2 is 1.87 bits per heavy atom. The maximum Gasteiger partial charge on any atom is 0.200 e. The average Bonchev–Trinajstić information content (AvgIpc) is 2.77. The second-order valence-corrected chi connectivity index (χ2v) is 8.61. The molecule has 2 aliphatic rings. The van der Waals surface area contributed by atoms with Gasteiger partial charge in [0.1, 0.15) is 0 Å². The molecule has 1 heterocycles. The molecule has 168 valence electrons. The average molecular weight is 423 g/mol. The summed E-state index contributed by atoms with van der Waals surface area (Å²) in [6.45, 7) is 5.89. The van der Waals surface area contributed by atoms with Crippen LogP contribution in [-0.4, -0.2) is 32.0 Å². The molecule has 1 aromatic carbocycles. The number of rotatable bonds is 9. The van der Waals surface area contributed by atoms with E-state index in [1.165, 1.54) is 0 Å². The van der Waals surface area contributed by atoms with E-state index in [0.29, 0.717) is 24.7 Å². The Morgan fingerprint density at radius 1 is 1.07 bits per heavy atom. The maximum absolute atomic E-state index is 14.6. The normalized spacial score (nSPS) is 27.5. The van der Waals surface area contributed by atoms with E-state index in [2.05, 4.69) is 12.2 Å². The summed E-state index contributed by atoms with van der Waals surface area (Å²) in [7, 11) is 0. The number of hydrogen-bond donors (Lipinski definition) is 0. The van der Waals surface area contributed by atoms with Gasteiger partial charge in [-0.3, -0.25) is 0 Å². The van der Waals surface area contributed by atoms with Gasteiger partial charge in [0.05, 0.1) is 32.0 Å². The summed E-state index contributed by atoms with van der Waals surface area (Å²) in [6, 6.07) is 3.27. The van der Waals surface area contributed by atoms with Crippen molar-refractivity contribution in [2.75, 3.05) is 19.8 Å². The number of ether oxygens (including phenoxy) is 3. The smallest absolute Gasteiger partial charge is 0.200 e. The first-order chi connectivity index (χ1) is 14.6. The van der Waals surface area contributed by atoms with Crippen LogP contribution in [0, 0.1) is 17.6 Å². The Labute approximate surface area is 179 Å². The summed E-state index contributed by atoms with van der Waals surface area (Å²) in [5, 5.41) is 0. The lowest BCUT2D eigenvalue weighted by Gasteiger charge is -2.32. The van der Waals surface area contributed by atoms with Crippen LogP contribution in [0.1, 0.15) is 76.7 Å². The number of halogens is 2. The fourth-order valence-corrected chi connectivity index (χ4v) is 4.47. The van der Waals surface area contributed by atoms with Crippen molar-refractivity contribution in [3.8, 4) is 5.75 Å². The predicted molar refractivity (Wildman–Crippen MR) is 115 cm³/mol. The second-order valence-electron chi connectivity index (χ2n) is 8.61. The molecule has 1 aromatic rings. The summed E-state index contributed by atoms with van der Waals surface area (Å²) >= 11 is 0. The topological polar surface area (TPSA) is 27.7 Å². The van der Waals surface area contributed by atoms with E-state index < -0.39 is 11.6 Å². The molecule has 2 fully saturated rings. The predicted octanol–water partition coefficient (Wildman–Crippen LogP) is 6.56. The Hall–Kier alpha value is -1.46. The molecule has 3 rings (SSSR count). The fourth-order valence-electron chi connectivity index (χ4n) is 4.47. The van der Waals surface area contributed by atoms with Crippen molar-refractivity contribution >= 4 is 0 Å². The van der Waals surface area contributed by atoms with Gasteiger partial charge in [0.15, 0.2) is 11.6 Å². The molecule has 2 unspecified atom stereocenters. The van der Waals surface area contributed by atoms with Crippen LogP contribution in [0.4, 0.5) is 8.78 Å². The highest BCUT2D eigenvalue weighted by atomic mass is 19.2. The van der Waals surface area contributed by atoms with Crippen molar-refractivity contribution in [3.05, 3.63) is 41.5 Å². The Kier molecular flexibility index (Phi) is 9.13. The molecule has 0 spiro atoms. The lowest BCUT2D eigenvalue weighted by molar-refractivity contribution is -0.0795. The fraction of sp³-hybridized carbons (Fsp3) is 0.680. The number of hydrogen-bond acceptors (Lipinski definition) is 3. The summed E-state index contributed by atoms with van der Waals surface area (Å²) in [5.41, 5.74) is 0.472. The first kappa shape index (κ1) is 23.2. The molecular formula is C25H36F2O3. The van der Waals surface area contributed by atoms with Crippen molar-refractivity contribution in [1.29, 1.82) is 0 Å². The maximum atomic E-state index is 14.6. The van der Waals surface area contributed by atoms with Crippen LogP contribution >= 0.6 is 0 Å². The molecule has 0 aromatic heterocycles. The molecule has 1 aliphatic heterocycles. The van der Waals surface area contributed by atoms with Crippen LogP contribution < -0.4 is 4.74 Å². The highest BCUT2D eigenvalue weighted by Gasteiger charge is 2.28. The van der Waals surface area contributed by atoms with Crippen molar-refractivity contribution < 1.29 is 23.0 Å². The number of benzene rings is 1. The van der Waals surface area contributed by atoms with E-state index >= 15 is 0 Å². The summed E-state index contributed by atoms with van der Waals surface area (Å²) in [5.74, 6) is -1.02. The molecular weight excluding hydrogens is 386 g/mol. The zero-order chi connectivity index (χ0) is 21.3. The van der Waals surface area contributed by atoms with Crippen molar-refractivity contribution in [3.63, 3.8) is 0 Å². The van der Waals surface area contributed by atoms with E-state index in [4.69, 9.17) is 14.2 Å². The monoisotopic (exact) mass is 422 g/mol. The zero-order valence-electron chi connectivity index (χ0n) is 18.4. The molecule has 0 N–H and O–H groups in total. The van der Waals surface area contributed by atoms with Gasteiger partial charge in [-0.2, -0.15) is 4.39 Å². The van der Waals surface area contributed by atoms with Gasteiger partial charge >= 0.3 is 0 Å². The molecule has 2 atom stereocenters. The summed E-state index contributed by atoms with van der Waals surface area (Å²) < 4.78 is 46.4. The molecule has 1 saturated heterocycles. The Balaban J connectivity index is 1.43. The standard InChI is InChI=1S/C25H36F2O3/c1-3-5-15-28-23-14-13-22(24(26)25(23)27)19-8-11-20(12-9-19)30-17-21-10-7-18(6-4-2)16-29-21/h4,6,13-14,18-21H,3,5,7-12,15-17H2,1-2H3/b6-4+. The second kappa shape index (κ2) is 11.8. The van der Waals surface area contributed by atoms with Crippen LogP contribution in [0.25, 0.3) is 0 Å². The van der Waals surface area contributed by atoms with Crippen molar-refractivity contribution in [1.82, 2.24) is 0 Å². The summed E-state index contributed by atoms with van der Waals surface area (Å²) in [4.78, 5) is 0. The van der Waals surface area contributed by atoms with Gasteiger partial charge in [-0.05, 0) is 69.4 Å². The third-order valence-corrected chi connectivity index (χ3v) is 6.33. The van der Waals surface area contributed by atoms with Gasteiger partial charge in [-0.15, -0.1) is 0 Å². The molecule has 0 radical (unpaired) electrons. The Morgan fingerprint density at radius 3 is 2.53 bits per heavy atom. The van der Waals surface area contributed by atoms with Crippen molar-refractivity contribution in [2.24, 2.45) is 5.92 Å². The van der Waals surface area contributed by atoms with Crippen LogP contribution in [-0.2, 0) is 9.47 Å². The zero-order valence-corrected chi connectivity index (χ0v) is 18.4. The molecule has 1 aliphatic carbocycles. The minimum atomic E-state index is -0.854. The highest BCUT2D eigenvalue weighted by molar-refractivity contribution is 5.33. The lowest BCUT2D eigenvalue weighted by Crippen LogP contribution is -2.31. The van der Waals surface area contributed by atoms with Crippen LogP contribution in [0.2, 0.25) is 0 Å². The summed E-state index contributed by atoms with van der Waals surface area (Å²) in [6.07, 6.45) is 12.0. The third-order valence-electron chi connectivity index (χ3n) is 6.33. The third kappa shape index (κ3) is 6.27. The molecule has 1 saturated carbocycles. The molecule has 0 amide bonds. The SMILES string of the molecule is C/C=C/C1CCC(COC2CCC(c3ccc(OCCCC)c(F)c3F)CC2)OC1. The van der Waals surface area contributed by atoms with E-state index in [9.17, 15) is 8.78 Å². The van der Waals surface area contributed by atoms with Crippen LogP contribution in [0.15, 0.2) is 24.3 Å². The number of allylic oxidation sites excluding steroid dienone is 1. The van der Waals surface area contributed by atoms with Gasteiger partial charge in [-0.1, -0.05) is 31.6 Å². The first-order valence-corrected chi connectivity index (χ1v) is 11.6. The molecule has 0 bridgehead atoms. The number of unbranched alkanes of at least 4 members (excludes halogenated alkanes) is 1. The van der Waals surface area contributed by atoms with E-state index in [0.717, 1.165) is 58.0 Å².